The van der Waals surface area contributed by atoms with Crippen molar-refractivity contribution in [2.45, 2.75) is 27.2 Å². The van der Waals surface area contributed by atoms with Gasteiger partial charge in [-0.25, -0.2) is 4.98 Å². The van der Waals surface area contributed by atoms with Gasteiger partial charge in [0.1, 0.15) is 11.3 Å². The van der Waals surface area contributed by atoms with Crippen LogP contribution in [0.1, 0.15) is 23.6 Å². The van der Waals surface area contributed by atoms with Crippen molar-refractivity contribution < 1.29 is 9.53 Å². The number of aromatic nitrogens is 1. The Morgan fingerprint density at radius 3 is 2.53 bits per heavy atom. The molecule has 0 atom stereocenters. The lowest BCUT2D eigenvalue weighted by Crippen LogP contribution is -2.37. The second kappa shape index (κ2) is 10.8. The van der Waals surface area contributed by atoms with E-state index >= 15 is 0 Å². The van der Waals surface area contributed by atoms with Gasteiger partial charge in [0.05, 0.1) is 17.7 Å². The fourth-order valence-electron chi connectivity index (χ4n) is 3.11. The second-order valence-electron chi connectivity index (χ2n) is 7.48. The maximum absolute atomic E-state index is 13.3. The Balaban J connectivity index is 0.00000320. The Hall–Kier alpha value is -2.15. The number of anilines is 1. The van der Waals surface area contributed by atoms with E-state index in [4.69, 9.17) is 9.72 Å². The highest BCUT2D eigenvalue weighted by Crippen LogP contribution is 2.34. The van der Waals surface area contributed by atoms with Crippen LogP contribution in [0.4, 0.5) is 5.13 Å². The van der Waals surface area contributed by atoms with E-state index in [0.29, 0.717) is 19.6 Å². The van der Waals surface area contributed by atoms with Crippen LogP contribution in [0.5, 0.6) is 5.75 Å². The quantitative estimate of drug-likeness (QED) is 0.494. The molecule has 1 aromatic heterocycles. The number of likely N-dealkylation sites (N-methyl/N-ethyl adjacent to an activating group) is 1. The number of ether oxygens (including phenoxy) is 1. The molecule has 3 aromatic rings. The zero-order chi connectivity index (χ0) is 21.0. The van der Waals surface area contributed by atoms with Gasteiger partial charge in [-0.05, 0) is 63.7 Å². The zero-order valence-corrected chi connectivity index (χ0v) is 19.9. The van der Waals surface area contributed by atoms with Crippen LogP contribution in [0, 0.1) is 13.8 Å². The molecule has 1 amide bonds. The number of thiazole rings is 1. The van der Waals surface area contributed by atoms with Gasteiger partial charge in [-0.3, -0.25) is 9.69 Å². The van der Waals surface area contributed by atoms with Gasteiger partial charge in [0, 0.05) is 13.1 Å². The molecule has 0 bridgehead atoms. The highest BCUT2D eigenvalue weighted by atomic mass is 35.5. The van der Waals surface area contributed by atoms with Crippen molar-refractivity contribution in [2.24, 2.45) is 0 Å². The molecule has 0 saturated carbocycles. The van der Waals surface area contributed by atoms with Crippen LogP contribution in [0.15, 0.2) is 36.4 Å². The van der Waals surface area contributed by atoms with E-state index in [-0.39, 0.29) is 18.3 Å². The standard InChI is InChI=1S/C23H29N3O2S.ClH/c1-6-28-19-8-7-9-20-22(19)24-23(29-20)26(13-12-25(4)5)21(27)15-18-11-10-16(2)17(3)14-18;/h7-11,14H,6,12-13,15H2,1-5H3;1H. The summed E-state index contributed by atoms with van der Waals surface area (Å²) in [5.41, 5.74) is 4.30. The number of halogens is 1. The molecule has 0 N–H and O–H groups in total. The molecule has 2 aromatic carbocycles. The van der Waals surface area contributed by atoms with Gasteiger partial charge in [0.15, 0.2) is 5.13 Å². The Morgan fingerprint density at radius 1 is 1.10 bits per heavy atom. The molecule has 0 fully saturated rings. The third kappa shape index (κ3) is 5.72. The number of nitrogens with zero attached hydrogens (tertiary/aromatic N) is 3. The highest BCUT2D eigenvalue weighted by molar-refractivity contribution is 7.22. The first-order valence-electron chi connectivity index (χ1n) is 9.92. The molecule has 162 valence electrons. The molecule has 7 heteroatoms. The van der Waals surface area contributed by atoms with Crippen LogP contribution >= 0.6 is 23.7 Å². The van der Waals surface area contributed by atoms with Crippen molar-refractivity contribution >= 4 is 45.0 Å². The number of rotatable bonds is 8. The fourth-order valence-corrected chi connectivity index (χ4v) is 4.14. The summed E-state index contributed by atoms with van der Waals surface area (Å²) in [4.78, 5) is 21.9. The van der Waals surface area contributed by atoms with Gasteiger partial charge >= 0.3 is 0 Å². The fraction of sp³-hybridized carbons (Fsp3) is 0.391. The van der Waals surface area contributed by atoms with E-state index in [0.717, 1.165) is 33.2 Å². The summed E-state index contributed by atoms with van der Waals surface area (Å²) in [6, 6.07) is 12.1. The summed E-state index contributed by atoms with van der Waals surface area (Å²) in [7, 11) is 4.02. The Kier molecular flexibility index (Phi) is 8.65. The molecule has 1 heterocycles. The van der Waals surface area contributed by atoms with Gasteiger partial charge in [-0.2, -0.15) is 0 Å². The summed E-state index contributed by atoms with van der Waals surface area (Å²) < 4.78 is 6.75. The van der Waals surface area contributed by atoms with Crippen LogP contribution in [0.25, 0.3) is 10.2 Å². The molecular weight excluding hydrogens is 418 g/mol. The third-order valence-electron chi connectivity index (χ3n) is 4.90. The van der Waals surface area contributed by atoms with Gasteiger partial charge < -0.3 is 9.64 Å². The second-order valence-corrected chi connectivity index (χ2v) is 8.49. The highest BCUT2D eigenvalue weighted by Gasteiger charge is 2.21. The van der Waals surface area contributed by atoms with Gasteiger partial charge in [0.25, 0.3) is 0 Å². The van der Waals surface area contributed by atoms with Crippen molar-refractivity contribution in [3.8, 4) is 5.75 Å². The lowest BCUT2D eigenvalue weighted by Gasteiger charge is -2.22. The number of amides is 1. The van der Waals surface area contributed by atoms with E-state index in [1.54, 1.807) is 0 Å². The number of benzene rings is 2. The first-order valence-corrected chi connectivity index (χ1v) is 10.7. The van der Waals surface area contributed by atoms with Gasteiger partial charge in [-0.15, -0.1) is 12.4 Å². The van der Waals surface area contributed by atoms with Crippen molar-refractivity contribution in [1.29, 1.82) is 0 Å². The van der Waals surface area contributed by atoms with Crippen molar-refractivity contribution in [1.82, 2.24) is 9.88 Å². The third-order valence-corrected chi connectivity index (χ3v) is 5.94. The Morgan fingerprint density at radius 2 is 1.87 bits per heavy atom. The number of hydrogen-bond acceptors (Lipinski definition) is 5. The molecule has 0 saturated heterocycles. The molecular formula is C23H30ClN3O2S. The predicted molar refractivity (Wildman–Crippen MR) is 129 cm³/mol. The minimum atomic E-state index is 0. The number of hydrogen-bond donors (Lipinski definition) is 0. The average molecular weight is 448 g/mol. The monoisotopic (exact) mass is 447 g/mol. The van der Waals surface area contributed by atoms with E-state index in [1.165, 1.54) is 22.5 Å². The molecule has 0 aliphatic heterocycles. The molecule has 0 radical (unpaired) electrons. The molecule has 0 unspecified atom stereocenters. The lowest BCUT2D eigenvalue weighted by molar-refractivity contribution is -0.118. The van der Waals surface area contributed by atoms with Crippen LogP contribution in [0.3, 0.4) is 0 Å². The SMILES string of the molecule is CCOc1cccc2sc(N(CCN(C)C)C(=O)Cc3ccc(C)c(C)c3)nc12.Cl. The predicted octanol–water partition coefficient (Wildman–Crippen LogP) is 4.87. The lowest BCUT2D eigenvalue weighted by atomic mass is 10.0. The molecule has 5 nitrogen and oxygen atoms in total. The minimum absolute atomic E-state index is 0. The van der Waals surface area contributed by atoms with E-state index in [2.05, 4.69) is 30.9 Å². The zero-order valence-electron chi connectivity index (χ0n) is 18.3. The van der Waals surface area contributed by atoms with Crippen LogP contribution in [-0.2, 0) is 11.2 Å². The molecule has 0 aliphatic rings. The maximum atomic E-state index is 13.3. The number of para-hydroxylation sites is 1. The number of carbonyl (C=O) groups excluding carboxylic acids is 1. The minimum Gasteiger partial charge on any atom is -0.492 e. The average Bonchev–Trinajstić information content (AvgIpc) is 3.10. The first kappa shape index (κ1) is 24.1. The van der Waals surface area contributed by atoms with Crippen LogP contribution in [-0.4, -0.2) is 49.6 Å². The largest absolute Gasteiger partial charge is 0.492 e. The van der Waals surface area contributed by atoms with Crippen LogP contribution < -0.4 is 9.64 Å². The molecule has 3 rings (SSSR count). The topological polar surface area (TPSA) is 45.7 Å². The molecule has 30 heavy (non-hydrogen) atoms. The summed E-state index contributed by atoms with van der Waals surface area (Å²) >= 11 is 1.54. The van der Waals surface area contributed by atoms with Crippen LogP contribution in [0.2, 0.25) is 0 Å². The number of fused-ring (bicyclic) bond motifs is 1. The van der Waals surface area contributed by atoms with Gasteiger partial charge in [0.2, 0.25) is 5.91 Å². The smallest absolute Gasteiger partial charge is 0.233 e. The summed E-state index contributed by atoms with van der Waals surface area (Å²) in [5.74, 6) is 0.828. The van der Waals surface area contributed by atoms with Crippen molar-refractivity contribution in [3.05, 3.63) is 53.1 Å². The Labute approximate surface area is 189 Å². The Bertz CT molecular complexity index is 1000. The normalized spacial score (nSPS) is 10.9. The van der Waals surface area contributed by atoms with Crippen molar-refractivity contribution in [2.75, 3.05) is 38.7 Å². The van der Waals surface area contributed by atoms with E-state index in [1.807, 2.05) is 50.2 Å². The van der Waals surface area contributed by atoms with Gasteiger partial charge in [-0.1, -0.05) is 35.6 Å². The summed E-state index contributed by atoms with van der Waals surface area (Å²) in [6.45, 7) is 8.08. The maximum Gasteiger partial charge on any atom is 0.233 e. The molecule has 0 spiro atoms. The number of aryl methyl sites for hydroxylation is 2. The van der Waals surface area contributed by atoms with E-state index < -0.39 is 0 Å². The van der Waals surface area contributed by atoms with E-state index in [9.17, 15) is 4.79 Å². The number of carbonyl (C=O) groups is 1. The first-order chi connectivity index (χ1) is 13.9. The van der Waals surface area contributed by atoms with Crippen molar-refractivity contribution in [3.63, 3.8) is 0 Å². The summed E-state index contributed by atoms with van der Waals surface area (Å²) in [5, 5.41) is 0.725. The molecule has 0 aliphatic carbocycles. The summed E-state index contributed by atoms with van der Waals surface area (Å²) in [6.07, 6.45) is 0.364.